The Labute approximate surface area is 134 Å². The van der Waals surface area contributed by atoms with Crippen LogP contribution in [0.2, 0.25) is 0 Å². The number of hydrogen-bond acceptors (Lipinski definition) is 5. The maximum atomic E-state index is 12.7. The van der Waals surface area contributed by atoms with Gasteiger partial charge in [0.1, 0.15) is 5.76 Å². The largest absolute Gasteiger partial charge is 0.360 e. The molecular weight excluding hydrogens is 318 g/mol. The average Bonchev–Trinajstić information content (AvgIpc) is 3.28. The van der Waals surface area contributed by atoms with Crippen LogP contribution < -0.4 is 5.32 Å². The predicted molar refractivity (Wildman–Crippen MR) is 83.2 cm³/mol. The second kappa shape index (κ2) is 6.13. The predicted octanol–water partition coefficient (Wildman–Crippen LogP) is 1.77. The molecule has 0 spiro atoms. The van der Waals surface area contributed by atoms with E-state index in [2.05, 4.69) is 10.5 Å². The van der Waals surface area contributed by atoms with Crippen LogP contribution in [0.4, 0.5) is 5.82 Å². The maximum Gasteiger partial charge on any atom is 0.243 e. The molecule has 23 heavy (non-hydrogen) atoms. The maximum absolute atomic E-state index is 12.7. The third-order valence-corrected chi connectivity index (χ3v) is 5.41. The Morgan fingerprint density at radius 2 is 2.04 bits per heavy atom. The highest BCUT2D eigenvalue weighted by Gasteiger charge is 2.39. The Hall–Kier alpha value is -2.19. The van der Waals surface area contributed by atoms with Gasteiger partial charge >= 0.3 is 0 Å². The number of rotatable bonds is 6. The van der Waals surface area contributed by atoms with Gasteiger partial charge in [-0.05, 0) is 31.9 Å². The normalized spacial score (nSPS) is 14.9. The SMILES string of the molecule is Cc1cc(NC(=O)CN(C2CC2)S(=O)(=O)c2ccccc2)no1. The smallest absolute Gasteiger partial charge is 0.243 e. The molecule has 3 rings (SSSR count). The van der Waals surface area contributed by atoms with Gasteiger partial charge in [-0.3, -0.25) is 4.79 Å². The van der Waals surface area contributed by atoms with E-state index in [1.165, 1.54) is 16.4 Å². The molecule has 2 aromatic rings. The topological polar surface area (TPSA) is 92.5 Å². The van der Waals surface area contributed by atoms with Gasteiger partial charge in [-0.2, -0.15) is 4.31 Å². The molecule has 1 fully saturated rings. The molecular formula is C15H17N3O4S. The molecule has 8 heteroatoms. The summed E-state index contributed by atoms with van der Waals surface area (Å²) in [7, 11) is -3.69. The van der Waals surface area contributed by atoms with Crippen LogP contribution in [0.15, 0.2) is 45.8 Å². The van der Waals surface area contributed by atoms with Crippen LogP contribution in [0.25, 0.3) is 0 Å². The van der Waals surface area contributed by atoms with Crippen molar-refractivity contribution in [2.24, 2.45) is 0 Å². The van der Waals surface area contributed by atoms with Crippen molar-refractivity contribution in [1.29, 1.82) is 0 Å². The summed E-state index contributed by atoms with van der Waals surface area (Å²) in [6, 6.07) is 9.59. The first-order chi connectivity index (χ1) is 11.0. The molecule has 0 atom stereocenters. The summed E-state index contributed by atoms with van der Waals surface area (Å²) in [5.74, 6) is 0.404. The fourth-order valence-corrected chi connectivity index (χ4v) is 3.91. The van der Waals surface area contributed by atoms with Crippen molar-refractivity contribution in [3.8, 4) is 0 Å². The second-order valence-corrected chi connectivity index (χ2v) is 7.36. The highest BCUT2D eigenvalue weighted by Crippen LogP contribution is 2.31. The number of aryl methyl sites for hydroxylation is 1. The summed E-state index contributed by atoms with van der Waals surface area (Å²) in [6.07, 6.45) is 1.53. The zero-order chi connectivity index (χ0) is 16.4. The van der Waals surface area contributed by atoms with E-state index in [0.717, 1.165) is 12.8 Å². The van der Waals surface area contributed by atoms with Gasteiger partial charge < -0.3 is 9.84 Å². The number of nitrogens with zero attached hydrogens (tertiary/aromatic N) is 2. The minimum absolute atomic E-state index is 0.120. The molecule has 0 aliphatic heterocycles. The molecule has 0 radical (unpaired) electrons. The van der Waals surface area contributed by atoms with E-state index >= 15 is 0 Å². The van der Waals surface area contributed by atoms with Gasteiger partial charge in [0, 0.05) is 12.1 Å². The van der Waals surface area contributed by atoms with Gasteiger partial charge in [0.2, 0.25) is 15.9 Å². The molecule has 1 amide bonds. The van der Waals surface area contributed by atoms with Crippen LogP contribution in [0.5, 0.6) is 0 Å². The number of amides is 1. The van der Waals surface area contributed by atoms with Gasteiger partial charge in [-0.25, -0.2) is 8.42 Å². The molecule has 0 bridgehead atoms. The standard InChI is InChI=1S/C15H17N3O4S/c1-11-9-14(17-22-11)16-15(19)10-18(12-7-8-12)23(20,21)13-5-3-2-4-6-13/h2-6,9,12H,7-8,10H2,1H3,(H,16,17,19). The number of nitrogens with one attached hydrogen (secondary N) is 1. The molecule has 1 heterocycles. The van der Waals surface area contributed by atoms with E-state index < -0.39 is 15.9 Å². The summed E-state index contributed by atoms with van der Waals surface area (Å²) in [4.78, 5) is 12.3. The fraction of sp³-hybridized carbons (Fsp3) is 0.333. The minimum atomic E-state index is -3.69. The molecule has 7 nitrogen and oxygen atoms in total. The number of carbonyl (C=O) groups excluding carboxylic acids is 1. The number of benzene rings is 1. The van der Waals surface area contributed by atoms with E-state index in [-0.39, 0.29) is 23.3 Å². The fourth-order valence-electron chi connectivity index (χ4n) is 2.25. The molecule has 1 saturated carbocycles. The zero-order valence-electron chi connectivity index (χ0n) is 12.6. The van der Waals surface area contributed by atoms with Crippen molar-refractivity contribution in [2.75, 3.05) is 11.9 Å². The number of sulfonamides is 1. The Bertz CT molecular complexity index is 797. The van der Waals surface area contributed by atoms with Crippen molar-refractivity contribution in [2.45, 2.75) is 30.7 Å². The highest BCUT2D eigenvalue weighted by molar-refractivity contribution is 7.89. The summed E-state index contributed by atoms with van der Waals surface area (Å²) in [5.41, 5.74) is 0. The Kier molecular flexibility index (Phi) is 4.18. The molecule has 1 N–H and O–H groups in total. The Morgan fingerprint density at radius 3 is 2.61 bits per heavy atom. The molecule has 122 valence electrons. The third-order valence-electron chi connectivity index (χ3n) is 3.50. The lowest BCUT2D eigenvalue weighted by Crippen LogP contribution is -2.39. The molecule has 0 unspecified atom stereocenters. The first-order valence-electron chi connectivity index (χ1n) is 7.27. The minimum Gasteiger partial charge on any atom is -0.360 e. The van der Waals surface area contributed by atoms with Gasteiger partial charge in [0.25, 0.3) is 0 Å². The Balaban J connectivity index is 1.76. The van der Waals surface area contributed by atoms with Crippen LogP contribution in [-0.2, 0) is 14.8 Å². The van der Waals surface area contributed by atoms with Crippen molar-refractivity contribution in [1.82, 2.24) is 9.46 Å². The quantitative estimate of drug-likeness (QED) is 0.868. The lowest BCUT2D eigenvalue weighted by atomic mass is 10.4. The van der Waals surface area contributed by atoms with Gasteiger partial charge in [-0.1, -0.05) is 23.4 Å². The number of hydrogen-bond donors (Lipinski definition) is 1. The van der Waals surface area contributed by atoms with Crippen LogP contribution >= 0.6 is 0 Å². The van der Waals surface area contributed by atoms with E-state index in [4.69, 9.17) is 4.52 Å². The molecule has 1 aromatic carbocycles. The molecule has 0 saturated heterocycles. The Morgan fingerprint density at radius 1 is 1.35 bits per heavy atom. The van der Waals surface area contributed by atoms with E-state index in [9.17, 15) is 13.2 Å². The molecule has 1 aromatic heterocycles. The van der Waals surface area contributed by atoms with Crippen LogP contribution in [0.1, 0.15) is 18.6 Å². The van der Waals surface area contributed by atoms with E-state index in [1.807, 2.05) is 0 Å². The van der Waals surface area contributed by atoms with Crippen LogP contribution in [0, 0.1) is 6.92 Å². The average molecular weight is 335 g/mol. The van der Waals surface area contributed by atoms with E-state index in [0.29, 0.717) is 5.76 Å². The first-order valence-corrected chi connectivity index (χ1v) is 8.71. The number of carbonyl (C=O) groups is 1. The molecule has 1 aliphatic carbocycles. The lowest BCUT2D eigenvalue weighted by Gasteiger charge is -2.21. The third kappa shape index (κ3) is 3.59. The second-order valence-electron chi connectivity index (χ2n) is 5.47. The number of aromatic nitrogens is 1. The number of anilines is 1. The monoisotopic (exact) mass is 335 g/mol. The first kappa shape index (κ1) is 15.7. The van der Waals surface area contributed by atoms with Crippen LogP contribution in [0.3, 0.4) is 0 Å². The van der Waals surface area contributed by atoms with Crippen molar-refractivity contribution < 1.29 is 17.7 Å². The summed E-state index contributed by atoms with van der Waals surface area (Å²) >= 11 is 0. The summed E-state index contributed by atoms with van der Waals surface area (Å²) in [5, 5.41) is 6.22. The van der Waals surface area contributed by atoms with Crippen molar-refractivity contribution in [3.05, 3.63) is 42.2 Å². The highest BCUT2D eigenvalue weighted by atomic mass is 32.2. The van der Waals surface area contributed by atoms with E-state index in [1.54, 1.807) is 31.2 Å². The van der Waals surface area contributed by atoms with Gasteiger partial charge in [-0.15, -0.1) is 0 Å². The van der Waals surface area contributed by atoms with Crippen molar-refractivity contribution in [3.63, 3.8) is 0 Å². The summed E-state index contributed by atoms with van der Waals surface area (Å²) in [6.45, 7) is 1.47. The van der Waals surface area contributed by atoms with Gasteiger partial charge in [0.15, 0.2) is 5.82 Å². The lowest BCUT2D eigenvalue weighted by molar-refractivity contribution is -0.116. The molecule has 1 aliphatic rings. The van der Waals surface area contributed by atoms with Crippen molar-refractivity contribution >= 4 is 21.7 Å². The zero-order valence-corrected chi connectivity index (χ0v) is 13.4. The van der Waals surface area contributed by atoms with Gasteiger partial charge in [0.05, 0.1) is 11.4 Å². The summed E-state index contributed by atoms with van der Waals surface area (Å²) < 4.78 is 31.6. The van der Waals surface area contributed by atoms with Crippen LogP contribution in [-0.4, -0.2) is 36.4 Å².